The summed E-state index contributed by atoms with van der Waals surface area (Å²) in [5.74, 6) is 0.555. The number of rotatable bonds is 7. The van der Waals surface area contributed by atoms with Crippen molar-refractivity contribution in [2.45, 2.75) is 44.2 Å². The smallest absolute Gasteiger partial charge is 0.244 e. The minimum Gasteiger partial charge on any atom is -0.468 e. The van der Waals surface area contributed by atoms with E-state index >= 15 is 0 Å². The third-order valence-corrected chi connectivity index (χ3v) is 8.14. The lowest BCUT2D eigenvalue weighted by Crippen LogP contribution is -2.37. The molecule has 8 nitrogen and oxygen atoms in total. The van der Waals surface area contributed by atoms with E-state index in [-0.39, 0.29) is 23.9 Å². The summed E-state index contributed by atoms with van der Waals surface area (Å²) >= 11 is 1.44. The van der Waals surface area contributed by atoms with Crippen molar-refractivity contribution in [1.82, 2.24) is 18.8 Å². The Balaban J connectivity index is 1.64. The molecule has 0 atom stereocenters. The second-order valence-electron chi connectivity index (χ2n) is 7.76. The molecule has 31 heavy (non-hydrogen) atoms. The van der Waals surface area contributed by atoms with Gasteiger partial charge in [-0.1, -0.05) is 0 Å². The molecule has 3 aromatic rings. The quantitative estimate of drug-likeness (QED) is 0.537. The second-order valence-corrected chi connectivity index (χ2v) is 10.7. The topological polar surface area (TPSA) is 88.7 Å². The van der Waals surface area contributed by atoms with E-state index in [1.54, 1.807) is 29.0 Å². The number of hydrogen-bond donors (Lipinski definition) is 0. The fraction of sp³-hybridized carbons (Fsp3) is 0.429. The van der Waals surface area contributed by atoms with Crippen LogP contribution in [0.3, 0.4) is 0 Å². The van der Waals surface area contributed by atoms with E-state index in [1.165, 1.54) is 29.0 Å². The first-order chi connectivity index (χ1) is 14.8. The highest BCUT2D eigenvalue weighted by molar-refractivity contribution is 7.89. The van der Waals surface area contributed by atoms with Crippen molar-refractivity contribution in [2.75, 3.05) is 20.1 Å². The molecule has 0 aliphatic carbocycles. The van der Waals surface area contributed by atoms with Crippen molar-refractivity contribution in [3.05, 3.63) is 47.5 Å². The first kappa shape index (κ1) is 21.8. The molecule has 1 aliphatic rings. The van der Waals surface area contributed by atoms with Gasteiger partial charge in [0.25, 0.3) is 0 Å². The van der Waals surface area contributed by atoms with Crippen molar-refractivity contribution in [3.63, 3.8) is 0 Å². The molecule has 0 N–H and O–H groups in total. The van der Waals surface area contributed by atoms with Crippen LogP contribution in [0.5, 0.6) is 0 Å². The molecule has 10 heteroatoms. The number of sulfonamides is 1. The summed E-state index contributed by atoms with van der Waals surface area (Å²) in [4.78, 5) is 19.4. The molecule has 0 aromatic carbocycles. The maximum atomic E-state index is 13.2. The number of piperidine rings is 1. The van der Waals surface area contributed by atoms with Gasteiger partial charge in [0.1, 0.15) is 22.2 Å². The second kappa shape index (κ2) is 8.97. The Kier molecular flexibility index (Phi) is 6.31. The molecule has 4 rings (SSSR count). The first-order valence-corrected chi connectivity index (χ1v) is 12.6. The highest BCUT2D eigenvalue weighted by atomic mass is 32.2. The third kappa shape index (κ3) is 4.76. The Bertz CT molecular complexity index is 1140. The van der Waals surface area contributed by atoms with E-state index in [1.807, 2.05) is 17.2 Å². The predicted molar refractivity (Wildman–Crippen MR) is 118 cm³/mol. The number of thiazole rings is 1. The van der Waals surface area contributed by atoms with Gasteiger partial charge in [0, 0.05) is 37.4 Å². The fourth-order valence-electron chi connectivity index (χ4n) is 3.68. The number of nitrogens with zero attached hydrogens (tertiary/aromatic N) is 4. The molecule has 0 spiro atoms. The van der Waals surface area contributed by atoms with Crippen molar-refractivity contribution in [3.8, 4) is 10.7 Å². The number of hydrogen-bond acceptors (Lipinski definition) is 6. The molecule has 1 aliphatic heterocycles. The Morgan fingerprint density at radius 2 is 2.06 bits per heavy atom. The third-order valence-electron chi connectivity index (χ3n) is 5.39. The van der Waals surface area contributed by atoms with Crippen molar-refractivity contribution >= 4 is 27.3 Å². The van der Waals surface area contributed by atoms with Crippen LogP contribution in [0, 0.1) is 6.92 Å². The van der Waals surface area contributed by atoms with Gasteiger partial charge in [-0.3, -0.25) is 4.79 Å². The molecular formula is C21H26N4O4S2. The Labute approximate surface area is 186 Å². The maximum absolute atomic E-state index is 13.2. The summed E-state index contributed by atoms with van der Waals surface area (Å²) < 4.78 is 34.7. The fourth-order valence-corrected chi connectivity index (χ4v) is 5.69. The van der Waals surface area contributed by atoms with E-state index < -0.39 is 10.0 Å². The molecule has 166 valence electrons. The minimum atomic E-state index is -3.77. The SMILES string of the molecule is Cc1csc(-c2cc(S(=O)(=O)N(C)Cc3ccco3)cn2CC(=O)N2CCCCC2)n1. The van der Waals surface area contributed by atoms with Crippen molar-refractivity contribution < 1.29 is 17.6 Å². The van der Waals surface area contributed by atoms with Gasteiger partial charge in [-0.15, -0.1) is 11.3 Å². The van der Waals surface area contributed by atoms with Crippen LogP contribution in [0.15, 0.2) is 45.4 Å². The molecule has 0 unspecified atom stereocenters. The van der Waals surface area contributed by atoms with Gasteiger partial charge in [0.05, 0.1) is 18.5 Å². The van der Waals surface area contributed by atoms with Gasteiger partial charge in [-0.05, 0) is 44.4 Å². The highest BCUT2D eigenvalue weighted by Crippen LogP contribution is 2.29. The maximum Gasteiger partial charge on any atom is 0.244 e. The lowest BCUT2D eigenvalue weighted by atomic mass is 10.1. The Morgan fingerprint density at radius 3 is 2.71 bits per heavy atom. The van der Waals surface area contributed by atoms with Crippen LogP contribution >= 0.6 is 11.3 Å². The highest BCUT2D eigenvalue weighted by Gasteiger charge is 2.27. The summed E-state index contributed by atoms with van der Waals surface area (Å²) in [6, 6.07) is 5.06. The first-order valence-electron chi connectivity index (χ1n) is 10.2. The summed E-state index contributed by atoms with van der Waals surface area (Å²) in [5.41, 5.74) is 1.49. The van der Waals surface area contributed by atoms with E-state index in [0.717, 1.165) is 38.0 Å². The summed E-state index contributed by atoms with van der Waals surface area (Å²) in [7, 11) is -2.26. The zero-order valence-electron chi connectivity index (χ0n) is 17.7. The van der Waals surface area contributed by atoms with Crippen LogP contribution in [0.25, 0.3) is 10.7 Å². The summed E-state index contributed by atoms with van der Waals surface area (Å²) in [6.07, 6.45) is 6.21. The molecule has 0 radical (unpaired) electrons. The van der Waals surface area contributed by atoms with Gasteiger partial charge in [-0.2, -0.15) is 4.31 Å². The molecular weight excluding hydrogens is 436 g/mol. The number of carbonyl (C=O) groups is 1. The van der Waals surface area contributed by atoms with Crippen LogP contribution in [0.1, 0.15) is 30.7 Å². The lowest BCUT2D eigenvalue weighted by Gasteiger charge is -2.27. The molecule has 0 bridgehead atoms. The average molecular weight is 463 g/mol. The van der Waals surface area contributed by atoms with Crippen LogP contribution < -0.4 is 0 Å². The monoisotopic (exact) mass is 462 g/mol. The molecule has 3 aromatic heterocycles. The Morgan fingerprint density at radius 1 is 1.29 bits per heavy atom. The van der Waals surface area contributed by atoms with E-state index in [9.17, 15) is 13.2 Å². The number of likely N-dealkylation sites (tertiary alicyclic amines) is 1. The molecule has 1 amide bonds. The number of amides is 1. The van der Waals surface area contributed by atoms with E-state index in [2.05, 4.69) is 4.98 Å². The average Bonchev–Trinajstić information content (AvgIpc) is 3.50. The van der Waals surface area contributed by atoms with Gasteiger partial charge in [-0.25, -0.2) is 13.4 Å². The number of furan rings is 1. The number of aryl methyl sites for hydroxylation is 1. The van der Waals surface area contributed by atoms with E-state index in [4.69, 9.17) is 4.42 Å². The van der Waals surface area contributed by atoms with Crippen LogP contribution in [-0.2, 0) is 27.9 Å². The largest absolute Gasteiger partial charge is 0.468 e. The lowest BCUT2D eigenvalue weighted by molar-refractivity contribution is -0.132. The normalized spacial score (nSPS) is 15.0. The van der Waals surface area contributed by atoms with Gasteiger partial charge < -0.3 is 13.9 Å². The molecule has 4 heterocycles. The number of carbonyl (C=O) groups excluding carboxylic acids is 1. The van der Waals surface area contributed by atoms with Crippen LogP contribution in [0.4, 0.5) is 0 Å². The number of aromatic nitrogens is 2. The molecule has 1 saturated heterocycles. The van der Waals surface area contributed by atoms with Gasteiger partial charge in [0.15, 0.2) is 0 Å². The minimum absolute atomic E-state index is 0.00211. The molecule has 1 fully saturated rings. The van der Waals surface area contributed by atoms with Gasteiger partial charge >= 0.3 is 0 Å². The molecule has 0 saturated carbocycles. The summed E-state index contributed by atoms with van der Waals surface area (Å²) in [6.45, 7) is 3.61. The zero-order chi connectivity index (χ0) is 22.0. The zero-order valence-corrected chi connectivity index (χ0v) is 19.3. The van der Waals surface area contributed by atoms with E-state index in [0.29, 0.717) is 16.5 Å². The van der Waals surface area contributed by atoms with Crippen LogP contribution in [0.2, 0.25) is 0 Å². The van der Waals surface area contributed by atoms with Gasteiger partial charge in [0.2, 0.25) is 15.9 Å². The van der Waals surface area contributed by atoms with Crippen molar-refractivity contribution in [1.29, 1.82) is 0 Å². The summed E-state index contributed by atoms with van der Waals surface area (Å²) in [5, 5.41) is 2.61. The Hall–Kier alpha value is -2.43. The van der Waals surface area contributed by atoms with Crippen molar-refractivity contribution in [2.24, 2.45) is 0 Å². The standard InChI is InChI=1S/C21H26N4O4S2/c1-16-15-30-21(22-16)19-11-18(31(27,28)23(2)12-17-7-6-10-29-17)13-25(19)14-20(26)24-8-4-3-5-9-24/h6-7,10-11,13,15H,3-5,8-9,12,14H2,1-2H3. The predicted octanol–water partition coefficient (Wildman–Crippen LogP) is 3.35. The van der Waals surface area contributed by atoms with Crippen LogP contribution in [-0.4, -0.2) is 53.2 Å².